The van der Waals surface area contributed by atoms with E-state index in [1.165, 1.54) is 23.8 Å². The maximum atomic E-state index is 12.6. The molecule has 3 nitrogen and oxygen atoms in total. The second-order valence-corrected chi connectivity index (χ2v) is 5.50. The zero-order chi connectivity index (χ0) is 14.0. The van der Waals surface area contributed by atoms with Crippen molar-refractivity contribution in [3.8, 4) is 0 Å². The molecule has 1 N–H and O–H groups in total. The molecule has 1 unspecified atom stereocenters. The summed E-state index contributed by atoms with van der Waals surface area (Å²) in [4.78, 5) is 0. The second kappa shape index (κ2) is 5.23. The van der Waals surface area contributed by atoms with Crippen LogP contribution in [-0.2, 0) is 16.4 Å². The van der Waals surface area contributed by atoms with Gasteiger partial charge in [-0.1, -0.05) is 12.1 Å². The Morgan fingerprint density at radius 3 is 2.17 bits per heavy atom. The molecule has 0 heterocycles. The van der Waals surface area contributed by atoms with Gasteiger partial charge in [-0.25, -0.2) is 17.5 Å². The van der Waals surface area contributed by atoms with Crippen LogP contribution < -0.4 is 4.72 Å². The van der Waals surface area contributed by atoms with E-state index in [-0.39, 0.29) is 6.42 Å². The minimum absolute atomic E-state index is 0.0373. The molecule has 102 valence electrons. The van der Waals surface area contributed by atoms with Crippen LogP contribution in [0.15, 0.2) is 24.3 Å². The first-order valence-corrected chi connectivity index (χ1v) is 6.43. The zero-order valence-electron chi connectivity index (χ0n) is 9.33. The maximum Gasteiger partial charge on any atom is 0.511 e. The topological polar surface area (TPSA) is 46.2 Å². The fraction of sp³-hybridized carbons (Fsp3) is 0.400. The van der Waals surface area contributed by atoms with Crippen LogP contribution in [0.2, 0.25) is 0 Å². The van der Waals surface area contributed by atoms with Crippen molar-refractivity contribution in [1.29, 1.82) is 0 Å². The molecule has 0 aromatic heterocycles. The molecule has 0 amide bonds. The van der Waals surface area contributed by atoms with Gasteiger partial charge in [0.2, 0.25) is 0 Å². The van der Waals surface area contributed by atoms with Gasteiger partial charge in [-0.05, 0) is 31.0 Å². The number of hydrogen-bond acceptors (Lipinski definition) is 2. The first-order chi connectivity index (χ1) is 8.12. The molecule has 0 fully saturated rings. The number of alkyl halides is 3. The van der Waals surface area contributed by atoms with Gasteiger partial charge >= 0.3 is 15.5 Å². The molecule has 0 aliphatic carbocycles. The van der Waals surface area contributed by atoms with Gasteiger partial charge in [0.15, 0.2) is 0 Å². The summed E-state index contributed by atoms with van der Waals surface area (Å²) in [7, 11) is -5.35. The van der Waals surface area contributed by atoms with Crippen LogP contribution in [-0.4, -0.2) is 20.0 Å². The molecule has 0 spiro atoms. The Morgan fingerprint density at radius 2 is 1.72 bits per heavy atom. The van der Waals surface area contributed by atoms with E-state index in [0.29, 0.717) is 5.56 Å². The molecular formula is C10H11F4NO2S. The lowest BCUT2D eigenvalue weighted by Crippen LogP contribution is -2.42. The number of halogens is 4. The summed E-state index contributed by atoms with van der Waals surface area (Å²) in [5.41, 5.74) is -4.79. The summed E-state index contributed by atoms with van der Waals surface area (Å²) in [6.45, 7) is 1.30. The van der Waals surface area contributed by atoms with E-state index < -0.39 is 27.4 Å². The summed E-state index contributed by atoms with van der Waals surface area (Å²) in [6, 6.07) is 4.13. The van der Waals surface area contributed by atoms with Gasteiger partial charge in [0, 0.05) is 6.04 Å². The van der Waals surface area contributed by atoms with E-state index in [2.05, 4.69) is 0 Å². The highest BCUT2D eigenvalue weighted by Gasteiger charge is 2.46. The summed E-state index contributed by atoms with van der Waals surface area (Å²) >= 11 is 0. The van der Waals surface area contributed by atoms with Crippen molar-refractivity contribution in [2.75, 3.05) is 0 Å². The molecule has 0 aliphatic heterocycles. The lowest BCUT2D eigenvalue weighted by molar-refractivity contribution is -0.0450. The minimum atomic E-state index is -5.35. The SMILES string of the molecule is CC(Cc1ccc(F)cc1)NS(=O)(=O)C(F)(F)F. The summed E-state index contributed by atoms with van der Waals surface area (Å²) < 4.78 is 72.0. The average Bonchev–Trinajstić information content (AvgIpc) is 2.19. The zero-order valence-corrected chi connectivity index (χ0v) is 10.1. The summed E-state index contributed by atoms with van der Waals surface area (Å²) in [5, 5.41) is 0. The molecule has 1 aromatic carbocycles. The third kappa shape index (κ3) is 3.95. The van der Waals surface area contributed by atoms with E-state index in [1.807, 2.05) is 0 Å². The molecule has 1 atom stereocenters. The van der Waals surface area contributed by atoms with Gasteiger partial charge in [-0.3, -0.25) is 0 Å². The quantitative estimate of drug-likeness (QED) is 0.862. The first-order valence-electron chi connectivity index (χ1n) is 4.95. The van der Waals surface area contributed by atoms with E-state index in [4.69, 9.17) is 0 Å². The van der Waals surface area contributed by atoms with Gasteiger partial charge in [0.1, 0.15) is 5.82 Å². The first kappa shape index (κ1) is 14.9. The minimum Gasteiger partial charge on any atom is -0.207 e. The van der Waals surface area contributed by atoms with Crippen LogP contribution >= 0.6 is 0 Å². The number of hydrogen-bond donors (Lipinski definition) is 1. The fourth-order valence-electron chi connectivity index (χ4n) is 1.35. The molecule has 18 heavy (non-hydrogen) atoms. The Labute approximate surface area is 102 Å². The third-order valence-electron chi connectivity index (χ3n) is 2.12. The van der Waals surface area contributed by atoms with E-state index in [1.54, 1.807) is 0 Å². The van der Waals surface area contributed by atoms with Gasteiger partial charge in [0.25, 0.3) is 0 Å². The highest BCUT2D eigenvalue weighted by Crippen LogP contribution is 2.22. The Morgan fingerprint density at radius 1 is 1.22 bits per heavy atom. The molecule has 0 radical (unpaired) electrons. The normalized spacial score (nSPS) is 14.5. The Kier molecular flexibility index (Phi) is 4.33. The van der Waals surface area contributed by atoms with Crippen LogP contribution in [0, 0.1) is 5.82 Å². The van der Waals surface area contributed by atoms with Crippen molar-refractivity contribution in [3.63, 3.8) is 0 Å². The highest BCUT2D eigenvalue weighted by molar-refractivity contribution is 7.90. The lowest BCUT2D eigenvalue weighted by Gasteiger charge is -2.15. The summed E-state index contributed by atoms with van der Waals surface area (Å²) in [5.74, 6) is -0.470. The third-order valence-corrected chi connectivity index (χ3v) is 3.44. The van der Waals surface area contributed by atoms with E-state index in [0.717, 1.165) is 12.1 Å². The molecule has 1 rings (SSSR count). The van der Waals surface area contributed by atoms with Gasteiger partial charge in [-0.2, -0.15) is 13.2 Å². The van der Waals surface area contributed by atoms with Crippen molar-refractivity contribution in [3.05, 3.63) is 35.6 Å². The Bertz CT molecular complexity index is 496. The van der Waals surface area contributed by atoms with Gasteiger partial charge < -0.3 is 0 Å². The van der Waals surface area contributed by atoms with E-state index >= 15 is 0 Å². The van der Waals surface area contributed by atoms with Crippen LogP contribution in [0.1, 0.15) is 12.5 Å². The maximum absolute atomic E-state index is 12.6. The standard InChI is InChI=1S/C10H11F4NO2S/c1-7(15-18(16,17)10(12,13)14)6-8-2-4-9(11)5-3-8/h2-5,7,15H,6H2,1H3. The van der Waals surface area contributed by atoms with Crippen LogP contribution in [0.4, 0.5) is 17.6 Å². The smallest absolute Gasteiger partial charge is 0.207 e. The number of sulfonamides is 1. The fourth-order valence-corrected chi connectivity index (χ4v) is 2.09. The number of benzene rings is 1. The predicted octanol–water partition coefficient (Wildman–Crippen LogP) is 2.20. The van der Waals surface area contributed by atoms with Crippen molar-refractivity contribution in [2.45, 2.75) is 24.9 Å². The van der Waals surface area contributed by atoms with Crippen LogP contribution in [0.5, 0.6) is 0 Å². The Hall–Kier alpha value is -1.15. The molecule has 1 aromatic rings. The van der Waals surface area contributed by atoms with Crippen molar-refractivity contribution >= 4 is 10.0 Å². The van der Waals surface area contributed by atoms with Gasteiger partial charge in [-0.15, -0.1) is 0 Å². The largest absolute Gasteiger partial charge is 0.511 e. The van der Waals surface area contributed by atoms with Crippen molar-refractivity contribution in [2.24, 2.45) is 0 Å². The van der Waals surface area contributed by atoms with Gasteiger partial charge in [0.05, 0.1) is 0 Å². The lowest BCUT2D eigenvalue weighted by atomic mass is 10.1. The molecule has 0 aliphatic rings. The second-order valence-electron chi connectivity index (χ2n) is 3.80. The predicted molar refractivity (Wildman–Crippen MR) is 57.7 cm³/mol. The molecule has 0 saturated heterocycles. The monoisotopic (exact) mass is 285 g/mol. The summed E-state index contributed by atoms with van der Waals surface area (Å²) in [6.07, 6.45) is 0.0373. The average molecular weight is 285 g/mol. The highest BCUT2D eigenvalue weighted by atomic mass is 32.2. The van der Waals surface area contributed by atoms with Crippen LogP contribution in [0.25, 0.3) is 0 Å². The van der Waals surface area contributed by atoms with Crippen LogP contribution in [0.3, 0.4) is 0 Å². The van der Waals surface area contributed by atoms with Crippen molar-refractivity contribution in [1.82, 2.24) is 4.72 Å². The van der Waals surface area contributed by atoms with Crippen molar-refractivity contribution < 1.29 is 26.0 Å². The molecule has 8 heteroatoms. The molecule has 0 bridgehead atoms. The Balaban J connectivity index is 2.68. The number of rotatable bonds is 4. The van der Waals surface area contributed by atoms with E-state index in [9.17, 15) is 26.0 Å². The number of nitrogens with one attached hydrogen (secondary N) is 1. The molecular weight excluding hydrogens is 274 g/mol. The molecule has 0 saturated carbocycles.